The predicted octanol–water partition coefficient (Wildman–Crippen LogP) is -2.33. The summed E-state index contributed by atoms with van der Waals surface area (Å²) in [5.41, 5.74) is 2.09. The van der Waals surface area contributed by atoms with Gasteiger partial charge in [-0.15, -0.1) is 12.8 Å². The number of rotatable bonds is 4. The van der Waals surface area contributed by atoms with E-state index in [0.29, 0.717) is 0 Å². The third-order valence-electron chi connectivity index (χ3n) is 6.56. The van der Waals surface area contributed by atoms with Crippen molar-refractivity contribution in [1.29, 1.82) is 0 Å². The first kappa shape index (κ1) is 28.4. The molecular weight excluding hydrogens is 524 g/mol. The second-order valence-corrected chi connectivity index (χ2v) is 8.92. The molecule has 32 heavy (non-hydrogen) atoms. The maximum atomic E-state index is 5.62. The summed E-state index contributed by atoms with van der Waals surface area (Å²) in [6.45, 7) is 7.92. The molecule has 2 heterocycles. The Kier molecular flexibility index (Phi) is 12.8. The molecular formula is C28H34Br2N2. The molecule has 0 N–H and O–H groups in total. The van der Waals surface area contributed by atoms with Gasteiger partial charge < -0.3 is 42.9 Å². The summed E-state index contributed by atoms with van der Waals surface area (Å²) < 4.78 is 1.93. The molecule has 170 valence electrons. The van der Waals surface area contributed by atoms with Gasteiger partial charge >= 0.3 is 0 Å². The number of terminal acetylenes is 2. The van der Waals surface area contributed by atoms with Crippen molar-refractivity contribution in [1.82, 2.24) is 0 Å². The molecule has 2 aliphatic heterocycles. The molecule has 2 aliphatic rings. The fourth-order valence-electron chi connectivity index (χ4n) is 4.75. The van der Waals surface area contributed by atoms with Crippen LogP contribution < -0.4 is 34.0 Å². The van der Waals surface area contributed by atoms with Gasteiger partial charge in [0, 0.05) is 11.1 Å². The van der Waals surface area contributed by atoms with E-state index in [9.17, 15) is 0 Å². The zero-order valence-electron chi connectivity index (χ0n) is 19.0. The maximum absolute atomic E-state index is 5.62. The van der Waals surface area contributed by atoms with Gasteiger partial charge in [0.1, 0.15) is 26.2 Å². The van der Waals surface area contributed by atoms with Crippen molar-refractivity contribution in [3.05, 3.63) is 35.4 Å². The normalized spacial score (nSPS) is 17.9. The van der Waals surface area contributed by atoms with E-state index in [1.807, 2.05) is 0 Å². The van der Waals surface area contributed by atoms with Gasteiger partial charge in [0.25, 0.3) is 0 Å². The minimum Gasteiger partial charge on any atom is -1.00 e. The van der Waals surface area contributed by atoms with E-state index >= 15 is 0 Å². The first-order valence-corrected chi connectivity index (χ1v) is 11.3. The van der Waals surface area contributed by atoms with Gasteiger partial charge in [0.05, 0.1) is 26.2 Å². The van der Waals surface area contributed by atoms with Crippen LogP contribution in [0.4, 0.5) is 0 Å². The number of quaternary nitrogens is 2. The topological polar surface area (TPSA) is 0 Å². The van der Waals surface area contributed by atoms with E-state index in [-0.39, 0.29) is 34.0 Å². The molecule has 0 spiro atoms. The van der Waals surface area contributed by atoms with Gasteiger partial charge in [-0.3, -0.25) is 0 Å². The standard InChI is InChI=1S/C28H34N2.2BrH/c1-3-19-29(21-7-5-8-22-29)25-11-13-27-15-17-28(18-16-27)14-12-26-30(20-4-2)23-9-6-10-24-30;;/h1-2,15-18H,5-10,19-26H2;2*1H/q+2;;/p-2. The minimum absolute atomic E-state index is 0. The van der Waals surface area contributed by atoms with Crippen LogP contribution in [0.5, 0.6) is 0 Å². The van der Waals surface area contributed by atoms with Crippen LogP contribution in [0.2, 0.25) is 0 Å². The highest BCUT2D eigenvalue weighted by molar-refractivity contribution is 5.42. The maximum Gasteiger partial charge on any atom is 0.142 e. The van der Waals surface area contributed by atoms with Crippen molar-refractivity contribution in [2.75, 3.05) is 52.4 Å². The van der Waals surface area contributed by atoms with Crippen molar-refractivity contribution < 1.29 is 42.9 Å². The Labute approximate surface area is 216 Å². The molecule has 0 amide bonds. The number of hydrogen-bond acceptors (Lipinski definition) is 0. The molecule has 4 heteroatoms. The van der Waals surface area contributed by atoms with Crippen molar-refractivity contribution in [3.8, 4) is 48.4 Å². The van der Waals surface area contributed by atoms with Crippen LogP contribution in [-0.4, -0.2) is 61.3 Å². The minimum atomic E-state index is 0. The molecule has 2 saturated heterocycles. The molecule has 0 bridgehead atoms. The Bertz CT molecular complexity index is 824. The molecule has 1 aromatic carbocycles. The third-order valence-corrected chi connectivity index (χ3v) is 6.56. The third kappa shape index (κ3) is 8.36. The van der Waals surface area contributed by atoms with E-state index in [1.54, 1.807) is 0 Å². The molecule has 0 atom stereocenters. The molecule has 0 aromatic heterocycles. The number of piperidine rings is 2. The van der Waals surface area contributed by atoms with Crippen molar-refractivity contribution >= 4 is 0 Å². The van der Waals surface area contributed by atoms with E-state index in [4.69, 9.17) is 12.8 Å². The van der Waals surface area contributed by atoms with E-state index in [1.165, 1.54) is 38.5 Å². The lowest BCUT2D eigenvalue weighted by Crippen LogP contribution is -3.00. The Hall–Kier alpha value is -1.66. The van der Waals surface area contributed by atoms with Crippen molar-refractivity contribution in [3.63, 3.8) is 0 Å². The molecule has 3 rings (SSSR count). The zero-order chi connectivity index (χ0) is 21.1. The second kappa shape index (κ2) is 14.5. The van der Waals surface area contributed by atoms with Crippen LogP contribution >= 0.6 is 0 Å². The van der Waals surface area contributed by atoms with Crippen LogP contribution in [0.25, 0.3) is 0 Å². The molecule has 0 radical (unpaired) electrons. The number of benzene rings is 1. The Balaban J connectivity index is 0.00000256. The summed E-state index contributed by atoms with van der Waals surface area (Å²) >= 11 is 0. The highest BCUT2D eigenvalue weighted by Gasteiger charge is 2.28. The van der Waals surface area contributed by atoms with Gasteiger partial charge in [-0.1, -0.05) is 11.8 Å². The van der Waals surface area contributed by atoms with E-state index < -0.39 is 0 Å². The van der Waals surface area contributed by atoms with Gasteiger partial charge in [0.15, 0.2) is 0 Å². The van der Waals surface area contributed by atoms with Gasteiger partial charge in [0.2, 0.25) is 0 Å². The number of hydrogen-bond donors (Lipinski definition) is 0. The monoisotopic (exact) mass is 556 g/mol. The summed E-state index contributed by atoms with van der Waals surface area (Å²) in [4.78, 5) is 0. The number of halogens is 2. The van der Waals surface area contributed by atoms with Crippen LogP contribution in [0.15, 0.2) is 24.3 Å². The zero-order valence-corrected chi connectivity index (χ0v) is 22.2. The Morgan fingerprint density at radius 3 is 1.22 bits per heavy atom. The molecule has 0 aliphatic carbocycles. The summed E-state index contributed by atoms with van der Waals surface area (Å²) in [5.74, 6) is 19.2. The quantitative estimate of drug-likeness (QED) is 0.288. The second-order valence-electron chi connectivity index (χ2n) is 8.92. The summed E-state index contributed by atoms with van der Waals surface area (Å²) in [6, 6.07) is 8.30. The fourth-order valence-corrected chi connectivity index (χ4v) is 4.75. The van der Waals surface area contributed by atoms with Crippen molar-refractivity contribution in [2.24, 2.45) is 0 Å². The lowest BCUT2D eigenvalue weighted by molar-refractivity contribution is -0.919. The van der Waals surface area contributed by atoms with Crippen LogP contribution in [0, 0.1) is 48.4 Å². The summed E-state index contributed by atoms with van der Waals surface area (Å²) in [6.07, 6.45) is 18.9. The van der Waals surface area contributed by atoms with Crippen LogP contribution in [0.3, 0.4) is 0 Å². The molecule has 2 nitrogen and oxygen atoms in total. The lowest BCUT2D eigenvalue weighted by Gasteiger charge is -2.38. The largest absolute Gasteiger partial charge is 1.00 e. The average Bonchev–Trinajstić information content (AvgIpc) is 2.77. The first-order valence-electron chi connectivity index (χ1n) is 11.3. The summed E-state index contributed by atoms with van der Waals surface area (Å²) in [7, 11) is 0. The fraction of sp³-hybridized carbons (Fsp3) is 0.500. The smallest absolute Gasteiger partial charge is 0.142 e. The average molecular weight is 558 g/mol. The molecule has 0 unspecified atom stereocenters. The molecule has 0 saturated carbocycles. The first-order chi connectivity index (χ1) is 14.7. The van der Waals surface area contributed by atoms with Gasteiger partial charge in [-0.25, -0.2) is 0 Å². The highest BCUT2D eigenvalue weighted by Crippen LogP contribution is 2.19. The Morgan fingerprint density at radius 1 is 0.562 bits per heavy atom. The SMILES string of the molecule is C#CC[N+]1(CC#Cc2ccc(C#CC[N+]3(CC#C)CCCCC3)cc2)CCCCC1.[Br-].[Br-]. The van der Waals surface area contributed by atoms with Crippen LogP contribution in [-0.2, 0) is 0 Å². The van der Waals surface area contributed by atoms with E-state index in [0.717, 1.165) is 72.5 Å². The van der Waals surface area contributed by atoms with Gasteiger partial charge in [-0.2, -0.15) is 0 Å². The molecule has 1 aromatic rings. The lowest BCUT2D eigenvalue weighted by atomic mass is 10.1. The highest BCUT2D eigenvalue weighted by atomic mass is 79.9. The summed E-state index contributed by atoms with van der Waals surface area (Å²) in [5, 5.41) is 0. The number of likely N-dealkylation sites (tertiary alicyclic amines) is 2. The molecule has 2 fully saturated rings. The van der Waals surface area contributed by atoms with E-state index in [2.05, 4.69) is 59.8 Å². The van der Waals surface area contributed by atoms with Gasteiger partial charge in [-0.05, 0) is 86.5 Å². The Morgan fingerprint density at radius 2 is 0.906 bits per heavy atom. The van der Waals surface area contributed by atoms with Crippen LogP contribution in [0.1, 0.15) is 49.7 Å². The van der Waals surface area contributed by atoms with Crippen molar-refractivity contribution in [2.45, 2.75) is 38.5 Å². The number of nitrogens with zero attached hydrogens (tertiary/aromatic N) is 2. The predicted molar refractivity (Wildman–Crippen MR) is 125 cm³/mol.